The topological polar surface area (TPSA) is 85.2 Å². The second-order valence-corrected chi connectivity index (χ2v) is 7.91. The molecule has 2 N–H and O–H groups in total. The Morgan fingerprint density at radius 2 is 1.97 bits per heavy atom. The first-order valence-electron chi connectivity index (χ1n) is 10.2. The first-order valence-corrected chi connectivity index (χ1v) is 10.2. The van der Waals surface area contributed by atoms with Crippen molar-refractivity contribution in [1.29, 1.82) is 0 Å². The maximum absolute atomic E-state index is 13.1. The molecule has 148 valence electrons. The second kappa shape index (κ2) is 7.44. The number of furan rings is 1. The van der Waals surface area contributed by atoms with Gasteiger partial charge in [0.05, 0.1) is 12.5 Å². The molecule has 0 saturated carbocycles. The Morgan fingerprint density at radius 3 is 2.76 bits per heavy atom. The van der Waals surface area contributed by atoms with E-state index in [0.717, 1.165) is 42.1 Å². The second-order valence-electron chi connectivity index (χ2n) is 7.91. The number of hydrogen-bond donors (Lipinski definition) is 1. The molecule has 3 aromatic rings. The van der Waals surface area contributed by atoms with Crippen LogP contribution in [0.2, 0.25) is 0 Å². The highest BCUT2D eigenvalue weighted by atomic mass is 16.3. The van der Waals surface area contributed by atoms with Crippen LogP contribution in [0, 0.1) is 0 Å². The van der Waals surface area contributed by atoms with Gasteiger partial charge in [0.25, 0.3) is 0 Å². The fraction of sp³-hybridized carbons (Fsp3) is 0.348. The van der Waals surface area contributed by atoms with Crippen LogP contribution < -0.4 is 5.73 Å². The molecule has 2 aliphatic rings. The van der Waals surface area contributed by atoms with E-state index in [0.29, 0.717) is 17.9 Å². The zero-order valence-electron chi connectivity index (χ0n) is 16.3. The molecule has 1 aliphatic heterocycles. The highest BCUT2D eigenvalue weighted by Gasteiger charge is 2.35. The molecule has 0 bridgehead atoms. The maximum Gasteiger partial charge on any atom is 0.220 e. The molecule has 0 amide bonds. The third kappa shape index (κ3) is 3.44. The Balaban J connectivity index is 1.53. The van der Waals surface area contributed by atoms with Crippen molar-refractivity contribution < 1.29 is 9.21 Å². The number of benzene rings is 1. The van der Waals surface area contributed by atoms with Crippen LogP contribution in [0.1, 0.15) is 52.4 Å². The summed E-state index contributed by atoms with van der Waals surface area (Å²) in [6, 6.07) is 11.7. The smallest absolute Gasteiger partial charge is 0.220 e. The van der Waals surface area contributed by atoms with Gasteiger partial charge in [0, 0.05) is 17.3 Å². The first-order chi connectivity index (χ1) is 14.2. The maximum atomic E-state index is 13.1. The summed E-state index contributed by atoms with van der Waals surface area (Å²) in [5.41, 5.74) is 9.24. The molecule has 1 atom stereocenters. The van der Waals surface area contributed by atoms with Crippen molar-refractivity contribution in [3.05, 3.63) is 65.0 Å². The molecular weight excluding hydrogens is 364 g/mol. The van der Waals surface area contributed by atoms with Gasteiger partial charge < -0.3 is 10.2 Å². The number of carbonyl (C=O) groups is 1. The molecule has 1 saturated heterocycles. The highest BCUT2D eigenvalue weighted by molar-refractivity contribution is 6.05. The number of fused-ring (bicyclic) bond motifs is 1. The molecule has 5 rings (SSSR count). The van der Waals surface area contributed by atoms with E-state index in [4.69, 9.17) is 10.2 Å². The fourth-order valence-corrected chi connectivity index (χ4v) is 4.52. The molecule has 6 heteroatoms. The minimum absolute atomic E-state index is 0.147. The number of hydrogen-bond acceptors (Lipinski definition) is 6. The van der Waals surface area contributed by atoms with E-state index >= 15 is 0 Å². The van der Waals surface area contributed by atoms with Crippen molar-refractivity contribution in [2.24, 2.45) is 0 Å². The monoisotopic (exact) mass is 388 g/mol. The molecule has 6 nitrogen and oxygen atoms in total. The van der Waals surface area contributed by atoms with Gasteiger partial charge in [-0.2, -0.15) is 0 Å². The molecule has 1 fully saturated rings. The van der Waals surface area contributed by atoms with Crippen LogP contribution in [0.5, 0.6) is 0 Å². The third-order valence-corrected chi connectivity index (χ3v) is 5.95. The third-order valence-electron chi connectivity index (χ3n) is 5.95. The number of piperidine rings is 1. The van der Waals surface area contributed by atoms with Crippen molar-refractivity contribution in [3.63, 3.8) is 0 Å². The summed E-state index contributed by atoms with van der Waals surface area (Å²) in [6.07, 6.45) is 6.05. The number of carbonyl (C=O) groups excluding carboxylic acids is 1. The summed E-state index contributed by atoms with van der Waals surface area (Å²) in [5, 5.41) is 0. The molecule has 1 unspecified atom stereocenters. The Kier molecular flexibility index (Phi) is 4.64. The van der Waals surface area contributed by atoms with E-state index in [1.807, 2.05) is 24.3 Å². The van der Waals surface area contributed by atoms with Crippen LogP contribution in [0.25, 0.3) is 11.5 Å². The van der Waals surface area contributed by atoms with E-state index in [1.54, 1.807) is 12.3 Å². The van der Waals surface area contributed by atoms with E-state index in [1.165, 1.54) is 19.3 Å². The molecule has 1 aromatic carbocycles. The zero-order valence-corrected chi connectivity index (χ0v) is 16.3. The average molecular weight is 388 g/mol. The van der Waals surface area contributed by atoms with Gasteiger partial charge in [-0.3, -0.25) is 9.69 Å². The van der Waals surface area contributed by atoms with Gasteiger partial charge in [-0.15, -0.1) is 0 Å². The minimum Gasteiger partial charge on any atom is -0.458 e. The van der Waals surface area contributed by atoms with Crippen molar-refractivity contribution in [2.45, 2.75) is 38.1 Å². The number of rotatable bonds is 4. The predicted molar refractivity (Wildman–Crippen MR) is 110 cm³/mol. The Hall–Kier alpha value is -2.99. The first kappa shape index (κ1) is 18.1. The van der Waals surface area contributed by atoms with Crippen molar-refractivity contribution in [1.82, 2.24) is 14.9 Å². The van der Waals surface area contributed by atoms with E-state index in [-0.39, 0.29) is 17.6 Å². The number of likely N-dealkylation sites (tertiary alicyclic amines) is 1. The van der Waals surface area contributed by atoms with Crippen molar-refractivity contribution in [3.8, 4) is 11.5 Å². The standard InChI is InChI=1S/C23H24N4O2/c24-23-25-9-8-20(26-23)22-19(13-16(29-22)14-27-10-4-1-5-11-27)18-12-15-6-2-3-7-17(15)21(18)28/h2-3,6-9,13,18H,1,4-5,10-12,14H2,(H2,24,25,26). The number of ketones is 1. The van der Waals surface area contributed by atoms with Crippen LogP contribution >= 0.6 is 0 Å². The SMILES string of the molecule is Nc1nccc(-c2oc(CN3CCCCC3)cc2C2Cc3ccccc3C2=O)n1. The van der Waals surface area contributed by atoms with Gasteiger partial charge in [0.1, 0.15) is 11.5 Å². The van der Waals surface area contributed by atoms with Crippen molar-refractivity contribution >= 4 is 11.7 Å². The number of Topliss-reactive ketones (excluding diaryl/α,β-unsaturated/α-hetero) is 1. The average Bonchev–Trinajstić information content (AvgIpc) is 3.30. The summed E-state index contributed by atoms with van der Waals surface area (Å²) >= 11 is 0. The summed E-state index contributed by atoms with van der Waals surface area (Å²) in [6.45, 7) is 2.92. The summed E-state index contributed by atoms with van der Waals surface area (Å²) in [4.78, 5) is 23.9. The van der Waals surface area contributed by atoms with Crippen LogP contribution in [0.15, 0.2) is 47.0 Å². The Labute approximate surface area is 169 Å². The number of nitrogen functional groups attached to an aromatic ring is 1. The van der Waals surface area contributed by atoms with Gasteiger partial charge in [0.15, 0.2) is 11.5 Å². The number of anilines is 1. The minimum atomic E-state index is -0.252. The van der Waals surface area contributed by atoms with Gasteiger partial charge in [0.2, 0.25) is 5.95 Å². The van der Waals surface area contributed by atoms with Crippen LogP contribution in [0.4, 0.5) is 5.95 Å². The lowest BCUT2D eigenvalue weighted by molar-refractivity contribution is 0.0973. The van der Waals surface area contributed by atoms with Gasteiger partial charge in [-0.1, -0.05) is 30.7 Å². The summed E-state index contributed by atoms with van der Waals surface area (Å²) < 4.78 is 6.28. The molecule has 0 spiro atoms. The fourth-order valence-electron chi connectivity index (χ4n) is 4.52. The lowest BCUT2D eigenvalue weighted by Gasteiger charge is -2.25. The summed E-state index contributed by atoms with van der Waals surface area (Å²) in [7, 11) is 0. The highest BCUT2D eigenvalue weighted by Crippen LogP contribution is 2.40. The van der Waals surface area contributed by atoms with Crippen LogP contribution in [-0.4, -0.2) is 33.7 Å². The summed E-state index contributed by atoms with van der Waals surface area (Å²) in [5.74, 6) is 1.60. The number of nitrogens with zero attached hydrogens (tertiary/aromatic N) is 3. The number of aromatic nitrogens is 2. The molecule has 2 aromatic heterocycles. The van der Waals surface area contributed by atoms with Crippen LogP contribution in [-0.2, 0) is 13.0 Å². The van der Waals surface area contributed by atoms with Gasteiger partial charge in [-0.25, -0.2) is 9.97 Å². The zero-order chi connectivity index (χ0) is 19.8. The van der Waals surface area contributed by atoms with Gasteiger partial charge >= 0.3 is 0 Å². The normalized spacial score (nSPS) is 19.4. The predicted octanol–water partition coefficient (Wildman–Crippen LogP) is 3.83. The molecule has 1 aliphatic carbocycles. The lowest BCUT2D eigenvalue weighted by atomic mass is 9.94. The van der Waals surface area contributed by atoms with E-state index in [9.17, 15) is 4.79 Å². The van der Waals surface area contributed by atoms with Crippen LogP contribution in [0.3, 0.4) is 0 Å². The number of nitrogens with two attached hydrogens (primary N) is 1. The molecule has 0 radical (unpaired) electrons. The van der Waals surface area contributed by atoms with Crippen molar-refractivity contribution in [2.75, 3.05) is 18.8 Å². The van der Waals surface area contributed by atoms with E-state index < -0.39 is 0 Å². The lowest BCUT2D eigenvalue weighted by Crippen LogP contribution is -2.28. The van der Waals surface area contributed by atoms with Gasteiger partial charge in [-0.05, 0) is 50.0 Å². The molecule has 3 heterocycles. The van der Waals surface area contributed by atoms with E-state index in [2.05, 4.69) is 20.9 Å². The molecular formula is C23H24N4O2. The largest absolute Gasteiger partial charge is 0.458 e. The Bertz CT molecular complexity index is 1050. The molecule has 29 heavy (non-hydrogen) atoms. The Morgan fingerprint density at radius 1 is 1.14 bits per heavy atom. The quantitative estimate of drug-likeness (QED) is 0.731.